The van der Waals surface area contributed by atoms with E-state index in [0.717, 1.165) is 11.1 Å². The van der Waals surface area contributed by atoms with Gasteiger partial charge in [-0.15, -0.1) is 0 Å². The van der Waals surface area contributed by atoms with E-state index in [1.165, 1.54) is 25.3 Å². The van der Waals surface area contributed by atoms with Gasteiger partial charge in [0.15, 0.2) is 11.5 Å². The van der Waals surface area contributed by atoms with Crippen LogP contribution in [0.5, 0.6) is 17.2 Å². The molecule has 0 saturated heterocycles. The molecule has 9 heteroatoms. The fourth-order valence-corrected chi connectivity index (χ4v) is 4.81. The van der Waals surface area contributed by atoms with Crippen LogP contribution in [0.3, 0.4) is 0 Å². The van der Waals surface area contributed by atoms with Crippen LogP contribution in [0.2, 0.25) is 0 Å². The molecule has 2 N–H and O–H groups in total. The lowest BCUT2D eigenvalue weighted by Gasteiger charge is -2.21. The molecule has 1 heterocycles. The van der Waals surface area contributed by atoms with Gasteiger partial charge in [0.25, 0.3) is 15.9 Å². The van der Waals surface area contributed by atoms with E-state index in [9.17, 15) is 13.2 Å². The average Bonchev–Trinajstić information content (AvgIpc) is 2.84. The minimum Gasteiger partial charge on any atom is -0.495 e. The van der Waals surface area contributed by atoms with Crippen LogP contribution in [0.25, 0.3) is 0 Å². The number of hydrogen-bond acceptors (Lipinski definition) is 6. The highest BCUT2D eigenvalue weighted by Gasteiger charge is 2.23. The Bertz CT molecular complexity index is 1310. The van der Waals surface area contributed by atoms with Crippen molar-refractivity contribution in [1.82, 2.24) is 5.32 Å². The van der Waals surface area contributed by atoms with Crippen molar-refractivity contribution in [2.45, 2.75) is 24.8 Å². The van der Waals surface area contributed by atoms with Crippen molar-refractivity contribution in [3.8, 4) is 17.2 Å². The van der Waals surface area contributed by atoms with Crippen LogP contribution in [-0.2, 0) is 10.0 Å². The monoisotopic (exact) mass is 482 g/mol. The summed E-state index contributed by atoms with van der Waals surface area (Å²) in [6.07, 6.45) is 0. The summed E-state index contributed by atoms with van der Waals surface area (Å²) in [7, 11) is -2.62. The summed E-state index contributed by atoms with van der Waals surface area (Å²) in [5, 5.41) is 2.90. The summed E-state index contributed by atoms with van der Waals surface area (Å²) in [6, 6.07) is 16.4. The smallest absolute Gasteiger partial charge is 0.265 e. The Kier molecular flexibility index (Phi) is 6.65. The highest BCUT2D eigenvalue weighted by molar-refractivity contribution is 7.92. The SMILES string of the molecule is COc1ccc(C(=O)N[C@H](C)c2ccc3c(c2)OCCO3)cc1S(=O)(=O)Nc1ccc(C)cc1. The first-order chi connectivity index (χ1) is 16.3. The second kappa shape index (κ2) is 9.64. The lowest BCUT2D eigenvalue weighted by Crippen LogP contribution is -2.27. The standard InChI is InChI=1S/C25H26N2O6S/c1-16-4-8-20(9-5-16)27-34(29,30)24-15-19(7-11-22(24)31-3)25(28)26-17(2)18-6-10-21-23(14-18)33-13-12-32-21/h4-11,14-15,17,27H,12-13H2,1-3H3,(H,26,28)/t17-/m1/s1. The number of rotatable bonds is 7. The minimum atomic E-state index is -4.00. The van der Waals surface area contributed by atoms with Crippen LogP contribution in [0.15, 0.2) is 65.6 Å². The molecule has 178 valence electrons. The number of carbonyl (C=O) groups excluding carboxylic acids is 1. The highest BCUT2D eigenvalue weighted by Crippen LogP contribution is 2.33. The van der Waals surface area contributed by atoms with E-state index in [1.807, 2.05) is 26.0 Å². The molecule has 0 unspecified atom stereocenters. The number of nitrogens with one attached hydrogen (secondary N) is 2. The molecule has 1 aliphatic rings. The number of ether oxygens (including phenoxy) is 3. The molecule has 1 atom stereocenters. The second-order valence-electron chi connectivity index (χ2n) is 7.94. The maximum Gasteiger partial charge on any atom is 0.265 e. The van der Waals surface area contributed by atoms with E-state index in [-0.39, 0.29) is 22.3 Å². The quantitative estimate of drug-likeness (QED) is 0.526. The van der Waals surface area contributed by atoms with Crippen molar-refractivity contribution in [2.24, 2.45) is 0 Å². The van der Waals surface area contributed by atoms with Gasteiger partial charge < -0.3 is 19.5 Å². The molecule has 34 heavy (non-hydrogen) atoms. The molecule has 8 nitrogen and oxygen atoms in total. The molecule has 3 aromatic rings. The first kappa shape index (κ1) is 23.4. The third-order valence-electron chi connectivity index (χ3n) is 5.43. The Hall–Kier alpha value is -3.72. The maximum atomic E-state index is 13.1. The van der Waals surface area contributed by atoms with Crippen molar-refractivity contribution in [2.75, 3.05) is 25.0 Å². The minimum absolute atomic E-state index is 0.129. The number of fused-ring (bicyclic) bond motifs is 1. The maximum absolute atomic E-state index is 13.1. The summed E-state index contributed by atoms with van der Waals surface area (Å²) < 4.78 is 45.1. The van der Waals surface area contributed by atoms with Gasteiger partial charge in [-0.25, -0.2) is 8.42 Å². The van der Waals surface area contributed by atoms with Gasteiger partial charge in [-0.05, 0) is 61.9 Å². The Morgan fingerprint density at radius 1 is 0.971 bits per heavy atom. The number of benzene rings is 3. The fraction of sp³-hybridized carbons (Fsp3) is 0.240. The lowest BCUT2D eigenvalue weighted by molar-refractivity contribution is 0.0939. The topological polar surface area (TPSA) is 103 Å². The highest BCUT2D eigenvalue weighted by atomic mass is 32.2. The summed E-state index contributed by atoms with van der Waals surface area (Å²) in [6.45, 7) is 4.72. The van der Waals surface area contributed by atoms with Crippen molar-refractivity contribution >= 4 is 21.6 Å². The van der Waals surface area contributed by atoms with E-state index in [0.29, 0.717) is 30.4 Å². The molecule has 0 aromatic heterocycles. The van der Waals surface area contributed by atoms with Crippen LogP contribution >= 0.6 is 0 Å². The van der Waals surface area contributed by atoms with Crippen LogP contribution < -0.4 is 24.2 Å². The predicted octanol–water partition coefficient (Wildman–Crippen LogP) is 4.07. The zero-order chi connectivity index (χ0) is 24.3. The van der Waals surface area contributed by atoms with Crippen molar-refractivity contribution in [3.05, 3.63) is 77.4 Å². The Morgan fingerprint density at radius 2 is 1.68 bits per heavy atom. The van der Waals surface area contributed by atoms with Gasteiger partial charge in [-0.2, -0.15) is 0 Å². The van der Waals surface area contributed by atoms with Crippen molar-refractivity contribution in [1.29, 1.82) is 0 Å². The Labute approximate surface area is 198 Å². The summed E-state index contributed by atoms with van der Waals surface area (Å²) >= 11 is 0. The first-order valence-electron chi connectivity index (χ1n) is 10.7. The van der Waals surface area contributed by atoms with Gasteiger partial charge in [0, 0.05) is 11.3 Å². The Balaban J connectivity index is 1.55. The van der Waals surface area contributed by atoms with E-state index < -0.39 is 15.9 Å². The van der Waals surface area contributed by atoms with Gasteiger partial charge in [0.1, 0.15) is 23.9 Å². The summed E-state index contributed by atoms with van der Waals surface area (Å²) in [5.41, 5.74) is 2.44. The molecule has 0 saturated carbocycles. The molecule has 1 aliphatic heterocycles. The number of carbonyl (C=O) groups is 1. The molecule has 0 spiro atoms. The lowest BCUT2D eigenvalue weighted by atomic mass is 10.1. The molecule has 0 radical (unpaired) electrons. The second-order valence-corrected chi connectivity index (χ2v) is 9.59. The molecule has 0 bridgehead atoms. The van der Waals surface area contributed by atoms with Crippen molar-refractivity contribution in [3.63, 3.8) is 0 Å². The molecular weight excluding hydrogens is 456 g/mol. The number of anilines is 1. The molecule has 0 fully saturated rings. The molecular formula is C25H26N2O6S. The van der Waals surface area contributed by atoms with Crippen LogP contribution in [0, 0.1) is 6.92 Å². The normalized spacial score (nSPS) is 13.6. The van der Waals surface area contributed by atoms with Gasteiger partial charge in [-0.1, -0.05) is 23.8 Å². The number of aryl methyl sites for hydroxylation is 1. The summed E-state index contributed by atoms with van der Waals surface area (Å²) in [5.74, 6) is 1.01. The third kappa shape index (κ3) is 5.09. The first-order valence-corrected chi connectivity index (χ1v) is 12.2. The van der Waals surface area contributed by atoms with Gasteiger partial charge >= 0.3 is 0 Å². The zero-order valence-corrected chi connectivity index (χ0v) is 19.9. The van der Waals surface area contributed by atoms with E-state index in [1.54, 1.807) is 30.3 Å². The number of sulfonamides is 1. The Morgan fingerprint density at radius 3 is 2.38 bits per heavy atom. The van der Waals surface area contributed by atoms with E-state index >= 15 is 0 Å². The van der Waals surface area contributed by atoms with Crippen LogP contribution in [0.4, 0.5) is 5.69 Å². The largest absolute Gasteiger partial charge is 0.495 e. The summed E-state index contributed by atoms with van der Waals surface area (Å²) in [4.78, 5) is 12.8. The predicted molar refractivity (Wildman–Crippen MR) is 128 cm³/mol. The molecule has 1 amide bonds. The fourth-order valence-electron chi connectivity index (χ4n) is 3.55. The van der Waals surface area contributed by atoms with Crippen LogP contribution in [0.1, 0.15) is 34.5 Å². The number of hydrogen-bond donors (Lipinski definition) is 2. The number of amides is 1. The zero-order valence-electron chi connectivity index (χ0n) is 19.1. The molecule has 3 aromatic carbocycles. The number of methoxy groups -OCH3 is 1. The van der Waals surface area contributed by atoms with E-state index in [4.69, 9.17) is 14.2 Å². The molecule has 0 aliphatic carbocycles. The van der Waals surface area contributed by atoms with Crippen molar-refractivity contribution < 1.29 is 27.4 Å². The average molecular weight is 483 g/mol. The van der Waals surface area contributed by atoms with Gasteiger partial charge in [0.2, 0.25) is 0 Å². The van der Waals surface area contributed by atoms with E-state index in [2.05, 4.69) is 10.0 Å². The molecule has 4 rings (SSSR count). The third-order valence-corrected chi connectivity index (χ3v) is 6.84. The van der Waals surface area contributed by atoms with Gasteiger partial charge in [-0.3, -0.25) is 9.52 Å². The van der Waals surface area contributed by atoms with Crippen LogP contribution in [-0.4, -0.2) is 34.6 Å². The van der Waals surface area contributed by atoms with Gasteiger partial charge in [0.05, 0.1) is 13.2 Å².